The summed E-state index contributed by atoms with van der Waals surface area (Å²) in [6.45, 7) is 2.19. The maximum absolute atomic E-state index is 5.80. The lowest BCUT2D eigenvalue weighted by molar-refractivity contribution is 0.0495. The molecule has 2 fully saturated rings. The van der Waals surface area contributed by atoms with Crippen molar-refractivity contribution in [3.05, 3.63) is 0 Å². The molecular formula is C12H21BrO. The zero-order valence-electron chi connectivity index (χ0n) is 9.05. The van der Waals surface area contributed by atoms with Crippen molar-refractivity contribution in [3.63, 3.8) is 0 Å². The van der Waals surface area contributed by atoms with Crippen LogP contribution in [0.1, 0.15) is 51.9 Å². The van der Waals surface area contributed by atoms with Gasteiger partial charge in [-0.2, -0.15) is 0 Å². The van der Waals surface area contributed by atoms with Crippen LogP contribution in [0.3, 0.4) is 0 Å². The molecule has 2 rings (SSSR count). The summed E-state index contributed by atoms with van der Waals surface area (Å²) < 4.78 is 5.80. The summed E-state index contributed by atoms with van der Waals surface area (Å²) in [5.74, 6) is 0.999. The highest BCUT2D eigenvalue weighted by molar-refractivity contribution is 9.09. The molecule has 0 radical (unpaired) electrons. The highest BCUT2D eigenvalue weighted by Crippen LogP contribution is 2.39. The molecular weight excluding hydrogens is 240 g/mol. The fourth-order valence-electron chi connectivity index (χ4n) is 2.33. The average Bonchev–Trinajstić information content (AvgIpc) is 2.92. The topological polar surface area (TPSA) is 9.23 Å². The highest BCUT2D eigenvalue weighted by Gasteiger charge is 2.29. The minimum atomic E-state index is 0.517. The van der Waals surface area contributed by atoms with Crippen molar-refractivity contribution in [1.82, 2.24) is 0 Å². The highest BCUT2D eigenvalue weighted by atomic mass is 79.9. The lowest BCUT2D eigenvalue weighted by Crippen LogP contribution is -2.09. The number of alkyl halides is 1. The minimum Gasteiger partial charge on any atom is -0.375 e. The lowest BCUT2D eigenvalue weighted by atomic mass is 10.1. The SMILES string of the molecule is CC1CCC(CCCC(Br)C2CC2)O1. The second-order valence-corrected chi connectivity index (χ2v) is 6.11. The molecule has 1 heterocycles. The number of ether oxygens (including phenoxy) is 1. The summed E-state index contributed by atoms with van der Waals surface area (Å²) in [4.78, 5) is 0.793. The maximum Gasteiger partial charge on any atom is 0.0579 e. The van der Waals surface area contributed by atoms with Crippen LogP contribution in [0, 0.1) is 5.92 Å². The van der Waals surface area contributed by atoms with Crippen molar-refractivity contribution < 1.29 is 4.74 Å². The van der Waals surface area contributed by atoms with Gasteiger partial charge in [0.15, 0.2) is 0 Å². The predicted octanol–water partition coefficient (Wildman–Crippen LogP) is 3.90. The van der Waals surface area contributed by atoms with Crippen molar-refractivity contribution in [1.29, 1.82) is 0 Å². The Hall–Kier alpha value is 0.440. The van der Waals surface area contributed by atoms with Gasteiger partial charge in [0, 0.05) is 4.83 Å². The predicted molar refractivity (Wildman–Crippen MR) is 62.9 cm³/mol. The summed E-state index contributed by atoms with van der Waals surface area (Å²) in [6.07, 6.45) is 10.5. The first-order chi connectivity index (χ1) is 6.75. The van der Waals surface area contributed by atoms with Crippen molar-refractivity contribution >= 4 is 15.9 Å². The first kappa shape index (κ1) is 10.9. The smallest absolute Gasteiger partial charge is 0.0579 e. The Balaban J connectivity index is 1.54. The van der Waals surface area contributed by atoms with Gasteiger partial charge in [-0.3, -0.25) is 0 Å². The van der Waals surface area contributed by atoms with Crippen LogP contribution in [0.25, 0.3) is 0 Å². The van der Waals surface area contributed by atoms with E-state index in [0.717, 1.165) is 10.7 Å². The molecule has 0 aromatic heterocycles. The van der Waals surface area contributed by atoms with Crippen LogP contribution in [0.4, 0.5) is 0 Å². The monoisotopic (exact) mass is 260 g/mol. The summed E-state index contributed by atoms with van der Waals surface area (Å²) >= 11 is 3.79. The van der Waals surface area contributed by atoms with Crippen LogP contribution < -0.4 is 0 Å². The van der Waals surface area contributed by atoms with Gasteiger partial charge in [-0.05, 0) is 57.8 Å². The molecule has 2 heteroatoms. The van der Waals surface area contributed by atoms with Crippen molar-refractivity contribution in [2.24, 2.45) is 5.92 Å². The van der Waals surface area contributed by atoms with Crippen LogP contribution in [0.15, 0.2) is 0 Å². The lowest BCUT2D eigenvalue weighted by Gasteiger charge is -2.12. The zero-order chi connectivity index (χ0) is 9.97. The molecule has 3 unspecified atom stereocenters. The Kier molecular flexibility index (Phi) is 3.89. The van der Waals surface area contributed by atoms with Gasteiger partial charge in [-0.1, -0.05) is 15.9 Å². The molecule has 0 amide bonds. The van der Waals surface area contributed by atoms with Gasteiger partial charge < -0.3 is 4.74 Å². The molecule has 3 atom stereocenters. The summed E-state index contributed by atoms with van der Waals surface area (Å²) in [7, 11) is 0. The van der Waals surface area contributed by atoms with Crippen LogP contribution in [-0.2, 0) is 4.74 Å². The van der Waals surface area contributed by atoms with Gasteiger partial charge in [0.25, 0.3) is 0 Å². The van der Waals surface area contributed by atoms with E-state index in [4.69, 9.17) is 4.74 Å². The number of halogens is 1. The zero-order valence-corrected chi connectivity index (χ0v) is 10.6. The van der Waals surface area contributed by atoms with Gasteiger partial charge in [0.2, 0.25) is 0 Å². The largest absolute Gasteiger partial charge is 0.375 e. The minimum absolute atomic E-state index is 0.517. The molecule has 2 aliphatic rings. The molecule has 0 N–H and O–H groups in total. The van der Waals surface area contributed by atoms with Crippen LogP contribution in [0.2, 0.25) is 0 Å². The molecule has 1 aliphatic heterocycles. The van der Waals surface area contributed by atoms with E-state index in [1.54, 1.807) is 0 Å². The Morgan fingerprint density at radius 3 is 2.64 bits per heavy atom. The first-order valence-electron chi connectivity index (χ1n) is 6.05. The molecule has 0 aromatic carbocycles. The summed E-state index contributed by atoms with van der Waals surface area (Å²) in [5.41, 5.74) is 0. The van der Waals surface area contributed by atoms with E-state index in [1.807, 2.05) is 0 Å². The molecule has 1 saturated carbocycles. The summed E-state index contributed by atoms with van der Waals surface area (Å²) in [5, 5.41) is 0. The van der Waals surface area contributed by atoms with E-state index >= 15 is 0 Å². The standard InChI is InChI=1S/C12H21BrO/c1-9-5-8-11(14-9)3-2-4-12(13)10-6-7-10/h9-12H,2-8H2,1H3. The van der Waals surface area contributed by atoms with Gasteiger partial charge in [-0.15, -0.1) is 0 Å². The second kappa shape index (κ2) is 4.98. The van der Waals surface area contributed by atoms with E-state index in [-0.39, 0.29) is 0 Å². The third-order valence-electron chi connectivity index (χ3n) is 3.46. The normalized spacial score (nSPS) is 34.7. The molecule has 1 saturated heterocycles. The molecule has 0 spiro atoms. The second-order valence-electron chi connectivity index (χ2n) is 4.93. The summed E-state index contributed by atoms with van der Waals surface area (Å²) in [6, 6.07) is 0. The Labute approximate surface area is 95.7 Å². The number of hydrogen-bond acceptors (Lipinski definition) is 1. The number of rotatable bonds is 5. The van der Waals surface area contributed by atoms with E-state index < -0.39 is 0 Å². The van der Waals surface area contributed by atoms with Crippen molar-refractivity contribution in [2.75, 3.05) is 0 Å². The average molecular weight is 261 g/mol. The van der Waals surface area contributed by atoms with Crippen molar-refractivity contribution in [2.45, 2.75) is 68.9 Å². The van der Waals surface area contributed by atoms with Gasteiger partial charge >= 0.3 is 0 Å². The van der Waals surface area contributed by atoms with Gasteiger partial charge in [-0.25, -0.2) is 0 Å². The Morgan fingerprint density at radius 1 is 1.29 bits per heavy atom. The fraction of sp³-hybridized carbons (Fsp3) is 1.00. The molecule has 1 aliphatic carbocycles. The number of hydrogen-bond donors (Lipinski definition) is 0. The quantitative estimate of drug-likeness (QED) is 0.682. The first-order valence-corrected chi connectivity index (χ1v) is 6.97. The molecule has 0 aromatic rings. The van der Waals surface area contributed by atoms with Gasteiger partial charge in [0.1, 0.15) is 0 Å². The molecule has 1 nitrogen and oxygen atoms in total. The van der Waals surface area contributed by atoms with E-state index in [1.165, 1.54) is 44.9 Å². The molecule has 14 heavy (non-hydrogen) atoms. The molecule has 82 valence electrons. The fourth-order valence-corrected chi connectivity index (χ4v) is 3.18. The Morgan fingerprint density at radius 2 is 2.07 bits per heavy atom. The van der Waals surface area contributed by atoms with Crippen LogP contribution in [-0.4, -0.2) is 17.0 Å². The van der Waals surface area contributed by atoms with Gasteiger partial charge in [0.05, 0.1) is 12.2 Å². The van der Waals surface area contributed by atoms with E-state index in [9.17, 15) is 0 Å². The van der Waals surface area contributed by atoms with Crippen LogP contribution >= 0.6 is 15.9 Å². The maximum atomic E-state index is 5.80. The third-order valence-corrected chi connectivity index (χ3v) is 4.66. The Bertz CT molecular complexity index is 179. The van der Waals surface area contributed by atoms with E-state index in [0.29, 0.717) is 12.2 Å². The molecule has 0 bridgehead atoms. The van der Waals surface area contributed by atoms with E-state index in [2.05, 4.69) is 22.9 Å². The third kappa shape index (κ3) is 3.23. The van der Waals surface area contributed by atoms with Crippen molar-refractivity contribution in [3.8, 4) is 0 Å². The van der Waals surface area contributed by atoms with Crippen LogP contribution in [0.5, 0.6) is 0 Å².